The van der Waals surface area contributed by atoms with Gasteiger partial charge in [0.25, 0.3) is 0 Å². The van der Waals surface area contributed by atoms with Gasteiger partial charge in [0.2, 0.25) is 0 Å². The van der Waals surface area contributed by atoms with Gasteiger partial charge in [-0.3, -0.25) is 4.79 Å². The molecule has 1 N–H and O–H groups in total. The molecule has 0 radical (unpaired) electrons. The molecule has 0 unspecified atom stereocenters. The number of aliphatic carboxylic acids is 1. The lowest BCUT2D eigenvalue weighted by molar-refractivity contribution is -0.147. The number of ether oxygens (including phenoxy) is 3. The van der Waals surface area contributed by atoms with Crippen molar-refractivity contribution in [2.75, 3.05) is 20.3 Å². The molecule has 2 aliphatic rings. The Hall–Kier alpha value is -1.98. The van der Waals surface area contributed by atoms with Crippen LogP contribution in [0.4, 0.5) is 4.39 Å². The van der Waals surface area contributed by atoms with E-state index in [2.05, 4.69) is 0 Å². The fraction of sp³-hybridized carbons (Fsp3) is 0.500. The van der Waals surface area contributed by atoms with Gasteiger partial charge in [-0.2, -0.15) is 0 Å². The Bertz CT molecular complexity index is 565. The minimum absolute atomic E-state index is 0.0169. The first-order valence-corrected chi connectivity index (χ1v) is 6.50. The number of rotatable bonds is 3. The summed E-state index contributed by atoms with van der Waals surface area (Å²) in [6.07, 6.45) is 1.53. The van der Waals surface area contributed by atoms with Crippen molar-refractivity contribution in [2.45, 2.75) is 24.7 Å². The maximum atomic E-state index is 14.6. The minimum Gasteiger partial charge on any atom is -0.494 e. The highest BCUT2D eigenvalue weighted by Gasteiger charge is 2.51. The second-order valence-electron chi connectivity index (χ2n) is 5.03. The van der Waals surface area contributed by atoms with Gasteiger partial charge in [-0.15, -0.1) is 0 Å². The molecule has 0 aromatic heterocycles. The van der Waals surface area contributed by atoms with E-state index < -0.39 is 17.2 Å². The Morgan fingerprint density at radius 2 is 2.10 bits per heavy atom. The van der Waals surface area contributed by atoms with E-state index in [1.54, 1.807) is 0 Å². The van der Waals surface area contributed by atoms with Gasteiger partial charge >= 0.3 is 5.97 Å². The smallest absolute Gasteiger partial charge is 0.314 e. The lowest BCUT2D eigenvalue weighted by Crippen LogP contribution is -2.43. The fourth-order valence-corrected chi connectivity index (χ4v) is 2.82. The van der Waals surface area contributed by atoms with Crippen molar-refractivity contribution in [3.05, 3.63) is 17.4 Å². The molecule has 0 saturated heterocycles. The summed E-state index contributed by atoms with van der Waals surface area (Å²) in [7, 11) is 1.34. The molecule has 1 aliphatic carbocycles. The first kappa shape index (κ1) is 13.0. The van der Waals surface area contributed by atoms with Crippen molar-refractivity contribution in [2.24, 2.45) is 0 Å². The Balaban J connectivity index is 2.25. The van der Waals surface area contributed by atoms with Crippen LogP contribution in [0.2, 0.25) is 0 Å². The second kappa shape index (κ2) is 4.54. The summed E-state index contributed by atoms with van der Waals surface area (Å²) in [5, 5.41) is 9.52. The summed E-state index contributed by atoms with van der Waals surface area (Å²) in [5.74, 6) is -1.17. The zero-order valence-electron chi connectivity index (χ0n) is 11.1. The van der Waals surface area contributed by atoms with Crippen LogP contribution in [0.5, 0.6) is 17.2 Å². The predicted molar refractivity (Wildman–Crippen MR) is 67.1 cm³/mol. The molecule has 1 fully saturated rings. The third-order valence-electron chi connectivity index (χ3n) is 4.05. The maximum Gasteiger partial charge on any atom is 0.314 e. The van der Waals surface area contributed by atoms with Gasteiger partial charge in [-0.25, -0.2) is 4.39 Å². The molecule has 0 bridgehead atoms. The van der Waals surface area contributed by atoms with Crippen LogP contribution in [0.3, 0.4) is 0 Å². The van der Waals surface area contributed by atoms with Crippen molar-refractivity contribution in [1.82, 2.24) is 0 Å². The number of carbonyl (C=O) groups is 1. The number of benzene rings is 1. The van der Waals surface area contributed by atoms with Crippen LogP contribution in [-0.4, -0.2) is 31.4 Å². The predicted octanol–water partition coefficient (Wildman–Crippen LogP) is 2.11. The molecule has 0 amide bonds. The number of carboxylic acids is 1. The van der Waals surface area contributed by atoms with Crippen LogP contribution in [0, 0.1) is 5.82 Å². The lowest BCUT2D eigenvalue weighted by atomic mass is 9.64. The monoisotopic (exact) mass is 282 g/mol. The Morgan fingerprint density at radius 3 is 2.65 bits per heavy atom. The Kier molecular flexibility index (Phi) is 2.96. The first-order chi connectivity index (χ1) is 9.60. The van der Waals surface area contributed by atoms with Crippen molar-refractivity contribution < 1.29 is 28.5 Å². The van der Waals surface area contributed by atoms with Crippen molar-refractivity contribution in [3.63, 3.8) is 0 Å². The van der Waals surface area contributed by atoms with E-state index in [4.69, 9.17) is 14.2 Å². The number of carboxylic acid groups (broad SMARTS) is 1. The molecule has 3 rings (SSSR count). The van der Waals surface area contributed by atoms with Gasteiger partial charge in [0.1, 0.15) is 13.2 Å². The Labute approximate surface area is 115 Å². The third kappa shape index (κ3) is 1.63. The van der Waals surface area contributed by atoms with E-state index in [9.17, 15) is 14.3 Å². The number of halogens is 1. The summed E-state index contributed by atoms with van der Waals surface area (Å²) in [6, 6.07) is 1.40. The SMILES string of the molecule is COc1cc2c(c(C3(C(=O)O)CCC3)c1F)OCCO2. The van der Waals surface area contributed by atoms with Gasteiger partial charge in [0.15, 0.2) is 23.1 Å². The van der Waals surface area contributed by atoms with Gasteiger partial charge < -0.3 is 19.3 Å². The molecule has 20 heavy (non-hydrogen) atoms. The van der Waals surface area contributed by atoms with E-state index in [0.717, 1.165) is 6.42 Å². The summed E-state index contributed by atoms with van der Waals surface area (Å²) in [4.78, 5) is 11.6. The van der Waals surface area contributed by atoms with Crippen LogP contribution in [0.15, 0.2) is 6.07 Å². The highest BCUT2D eigenvalue weighted by atomic mass is 19.1. The van der Waals surface area contributed by atoms with Crippen molar-refractivity contribution in [3.8, 4) is 17.2 Å². The van der Waals surface area contributed by atoms with Crippen LogP contribution >= 0.6 is 0 Å². The Morgan fingerprint density at radius 1 is 1.40 bits per heavy atom. The topological polar surface area (TPSA) is 65.0 Å². The molecule has 1 heterocycles. The van der Waals surface area contributed by atoms with Crippen LogP contribution in [0.25, 0.3) is 0 Å². The molecule has 5 nitrogen and oxygen atoms in total. The summed E-state index contributed by atoms with van der Waals surface area (Å²) >= 11 is 0. The average molecular weight is 282 g/mol. The highest BCUT2D eigenvalue weighted by Crippen LogP contribution is 2.53. The molecule has 1 saturated carbocycles. The van der Waals surface area contributed by atoms with E-state index in [-0.39, 0.29) is 23.7 Å². The quantitative estimate of drug-likeness (QED) is 0.919. The van der Waals surface area contributed by atoms with Crippen LogP contribution in [-0.2, 0) is 10.2 Å². The lowest BCUT2D eigenvalue weighted by Gasteiger charge is -2.40. The van der Waals surface area contributed by atoms with Gasteiger partial charge in [0, 0.05) is 6.07 Å². The zero-order chi connectivity index (χ0) is 14.3. The standard InChI is InChI=1S/C14H15FO5/c1-18-8-7-9-12(20-6-5-19-9)10(11(8)15)14(13(16)17)3-2-4-14/h7H,2-6H2,1H3,(H,16,17). The van der Waals surface area contributed by atoms with Crippen LogP contribution in [0.1, 0.15) is 24.8 Å². The van der Waals surface area contributed by atoms with E-state index in [1.807, 2.05) is 0 Å². The van der Waals surface area contributed by atoms with Gasteiger partial charge in [-0.1, -0.05) is 6.42 Å². The molecular weight excluding hydrogens is 267 g/mol. The number of hydrogen-bond acceptors (Lipinski definition) is 4. The third-order valence-corrected chi connectivity index (χ3v) is 4.05. The van der Waals surface area contributed by atoms with E-state index in [1.165, 1.54) is 13.2 Å². The zero-order valence-corrected chi connectivity index (χ0v) is 11.1. The normalized spacial score (nSPS) is 19.1. The fourth-order valence-electron chi connectivity index (χ4n) is 2.82. The molecule has 6 heteroatoms. The highest BCUT2D eigenvalue weighted by molar-refractivity contribution is 5.85. The van der Waals surface area contributed by atoms with Crippen molar-refractivity contribution in [1.29, 1.82) is 0 Å². The molecule has 0 spiro atoms. The molecule has 1 aromatic carbocycles. The number of hydrogen-bond donors (Lipinski definition) is 1. The number of methoxy groups -OCH3 is 1. The minimum atomic E-state index is -1.23. The average Bonchev–Trinajstić information content (AvgIpc) is 2.39. The summed E-state index contributed by atoms with van der Waals surface area (Å²) in [6.45, 7) is 0.628. The molecule has 0 atom stereocenters. The van der Waals surface area contributed by atoms with Crippen LogP contribution < -0.4 is 14.2 Å². The summed E-state index contributed by atoms with van der Waals surface area (Å²) in [5.41, 5.74) is -1.17. The largest absolute Gasteiger partial charge is 0.494 e. The number of fused-ring (bicyclic) bond motifs is 1. The molecule has 1 aliphatic heterocycles. The second-order valence-corrected chi connectivity index (χ2v) is 5.03. The molecule has 108 valence electrons. The van der Waals surface area contributed by atoms with Crippen molar-refractivity contribution >= 4 is 5.97 Å². The van der Waals surface area contributed by atoms with Gasteiger partial charge in [-0.05, 0) is 12.8 Å². The molecular formula is C14H15FO5. The summed E-state index contributed by atoms with van der Waals surface area (Å²) < 4.78 is 30.5. The van der Waals surface area contributed by atoms with Gasteiger partial charge in [0.05, 0.1) is 18.1 Å². The maximum absolute atomic E-state index is 14.6. The molecule has 1 aromatic rings. The van der Waals surface area contributed by atoms with E-state index in [0.29, 0.717) is 25.2 Å². The first-order valence-electron chi connectivity index (χ1n) is 6.50. The van der Waals surface area contributed by atoms with E-state index >= 15 is 0 Å².